The zero-order chi connectivity index (χ0) is 10.8. The first-order valence-corrected chi connectivity index (χ1v) is 6.42. The maximum atomic E-state index is 11.6. The number of hydrogen-bond acceptors (Lipinski definition) is 3. The highest BCUT2D eigenvalue weighted by Gasteiger charge is 2.29. The molecule has 1 aliphatic rings. The van der Waals surface area contributed by atoms with Gasteiger partial charge in [-0.05, 0) is 33.6 Å². The number of sulfonamides is 1. The predicted octanol–water partition coefficient (Wildman–Crippen LogP) is 0.883. The van der Waals surface area contributed by atoms with Crippen molar-refractivity contribution >= 4 is 10.0 Å². The largest absolute Gasteiger partial charge is 0.377 e. The normalized spacial score (nSPS) is 24.1. The van der Waals surface area contributed by atoms with Crippen LogP contribution < -0.4 is 4.72 Å². The van der Waals surface area contributed by atoms with E-state index >= 15 is 0 Å². The van der Waals surface area contributed by atoms with Crippen LogP contribution in [-0.4, -0.2) is 32.4 Å². The highest BCUT2D eigenvalue weighted by Crippen LogP contribution is 2.15. The fourth-order valence-corrected chi connectivity index (χ4v) is 2.06. The zero-order valence-corrected chi connectivity index (χ0v) is 9.86. The lowest BCUT2D eigenvalue weighted by molar-refractivity contribution is 0.114. The predicted molar refractivity (Wildman–Crippen MR) is 55.6 cm³/mol. The van der Waals surface area contributed by atoms with Crippen LogP contribution >= 0.6 is 0 Å². The third kappa shape index (κ3) is 2.93. The lowest BCUT2D eigenvalue weighted by atomic mass is 10.2. The van der Waals surface area contributed by atoms with Gasteiger partial charge in [0, 0.05) is 13.2 Å². The number of hydrogen-bond donors (Lipinski definition) is 1. The zero-order valence-electron chi connectivity index (χ0n) is 9.04. The Morgan fingerprint density at radius 1 is 1.43 bits per heavy atom. The van der Waals surface area contributed by atoms with E-state index in [0.29, 0.717) is 6.54 Å². The molecule has 14 heavy (non-hydrogen) atoms. The lowest BCUT2D eigenvalue weighted by Crippen LogP contribution is -2.42. The molecule has 0 aliphatic carbocycles. The molecule has 0 aromatic heterocycles. The van der Waals surface area contributed by atoms with Crippen LogP contribution in [-0.2, 0) is 14.8 Å². The first kappa shape index (κ1) is 11.9. The van der Waals surface area contributed by atoms with Crippen LogP contribution in [0.5, 0.6) is 0 Å². The van der Waals surface area contributed by atoms with Gasteiger partial charge >= 0.3 is 0 Å². The fourth-order valence-electron chi connectivity index (χ4n) is 1.22. The molecule has 4 nitrogen and oxygen atoms in total. The van der Waals surface area contributed by atoms with E-state index in [4.69, 9.17) is 4.74 Å². The molecule has 0 aromatic carbocycles. The first-order valence-electron chi connectivity index (χ1n) is 4.94. The molecule has 5 heteroatoms. The second-order valence-electron chi connectivity index (χ2n) is 4.60. The molecule has 0 bridgehead atoms. The lowest BCUT2D eigenvalue weighted by Gasteiger charge is -2.21. The third-order valence-corrected chi connectivity index (χ3v) is 4.49. The molecular formula is C9H19NO3S. The molecule has 0 amide bonds. The molecule has 1 heterocycles. The number of nitrogens with one attached hydrogen (secondary N) is 1. The molecule has 1 aliphatic heterocycles. The van der Waals surface area contributed by atoms with E-state index in [-0.39, 0.29) is 6.10 Å². The van der Waals surface area contributed by atoms with E-state index in [9.17, 15) is 8.42 Å². The van der Waals surface area contributed by atoms with Crippen molar-refractivity contribution in [3.63, 3.8) is 0 Å². The summed E-state index contributed by atoms with van der Waals surface area (Å²) in [5, 5.41) is 0. The maximum absolute atomic E-state index is 11.6. The van der Waals surface area contributed by atoms with Crippen LogP contribution in [0.25, 0.3) is 0 Å². The smallest absolute Gasteiger partial charge is 0.216 e. The minimum atomic E-state index is -3.22. The molecule has 1 fully saturated rings. The van der Waals surface area contributed by atoms with Gasteiger partial charge in [0.25, 0.3) is 0 Å². The summed E-state index contributed by atoms with van der Waals surface area (Å²) < 4.78 is 30.5. The van der Waals surface area contributed by atoms with E-state index < -0.39 is 14.8 Å². The van der Waals surface area contributed by atoms with Gasteiger partial charge in [0.1, 0.15) is 0 Å². The molecule has 1 atom stereocenters. The first-order chi connectivity index (χ1) is 6.33. The van der Waals surface area contributed by atoms with Crippen molar-refractivity contribution in [2.45, 2.75) is 44.5 Å². The van der Waals surface area contributed by atoms with Crippen molar-refractivity contribution in [2.75, 3.05) is 13.2 Å². The van der Waals surface area contributed by atoms with Gasteiger partial charge in [-0.25, -0.2) is 13.1 Å². The second kappa shape index (κ2) is 4.16. The van der Waals surface area contributed by atoms with Crippen molar-refractivity contribution < 1.29 is 13.2 Å². The average molecular weight is 221 g/mol. The van der Waals surface area contributed by atoms with Gasteiger partial charge in [0.15, 0.2) is 0 Å². The number of ether oxygens (including phenoxy) is 1. The molecule has 0 spiro atoms. The Hall–Kier alpha value is -0.130. The minimum Gasteiger partial charge on any atom is -0.377 e. The molecule has 1 saturated heterocycles. The van der Waals surface area contributed by atoms with Gasteiger partial charge in [-0.15, -0.1) is 0 Å². The summed E-state index contributed by atoms with van der Waals surface area (Å²) in [5.74, 6) is 0. The molecule has 84 valence electrons. The van der Waals surface area contributed by atoms with Crippen molar-refractivity contribution in [3.8, 4) is 0 Å². The second-order valence-corrected chi connectivity index (χ2v) is 7.12. The Bertz CT molecular complexity index is 273. The summed E-state index contributed by atoms with van der Waals surface area (Å²) in [5.41, 5.74) is 0. The standard InChI is InChI=1S/C9H19NO3S/c1-9(2,3)14(11,12)10-7-8-5-4-6-13-8/h8,10H,4-7H2,1-3H3/t8-/m1/s1. The Kier molecular flexibility index (Phi) is 3.55. The summed E-state index contributed by atoms with van der Waals surface area (Å²) in [7, 11) is -3.22. The van der Waals surface area contributed by atoms with Gasteiger partial charge < -0.3 is 4.74 Å². The summed E-state index contributed by atoms with van der Waals surface area (Å²) in [4.78, 5) is 0. The Morgan fingerprint density at radius 3 is 2.50 bits per heavy atom. The van der Waals surface area contributed by atoms with Crippen LogP contribution in [0.1, 0.15) is 33.6 Å². The van der Waals surface area contributed by atoms with Gasteiger partial charge in [0.05, 0.1) is 10.9 Å². The van der Waals surface area contributed by atoms with Crippen LogP contribution in [0, 0.1) is 0 Å². The van der Waals surface area contributed by atoms with Crippen molar-refractivity contribution in [1.29, 1.82) is 0 Å². The van der Waals surface area contributed by atoms with Crippen molar-refractivity contribution in [3.05, 3.63) is 0 Å². The molecule has 1 rings (SSSR count). The van der Waals surface area contributed by atoms with Crippen LogP contribution in [0.2, 0.25) is 0 Å². The molecule has 0 aromatic rings. The highest BCUT2D eigenvalue weighted by molar-refractivity contribution is 7.90. The van der Waals surface area contributed by atoms with Crippen LogP contribution in [0.4, 0.5) is 0 Å². The highest BCUT2D eigenvalue weighted by atomic mass is 32.2. The van der Waals surface area contributed by atoms with Gasteiger partial charge in [-0.2, -0.15) is 0 Å². The Balaban J connectivity index is 2.44. The van der Waals surface area contributed by atoms with Crippen molar-refractivity contribution in [1.82, 2.24) is 4.72 Å². The minimum absolute atomic E-state index is 0.0622. The molecular weight excluding hydrogens is 202 g/mol. The molecule has 0 radical (unpaired) electrons. The molecule has 0 unspecified atom stereocenters. The van der Waals surface area contributed by atoms with Gasteiger partial charge in [0.2, 0.25) is 10.0 Å². The Morgan fingerprint density at radius 2 is 2.07 bits per heavy atom. The van der Waals surface area contributed by atoms with E-state index in [1.165, 1.54) is 0 Å². The van der Waals surface area contributed by atoms with E-state index in [1.807, 2.05) is 0 Å². The van der Waals surface area contributed by atoms with Gasteiger partial charge in [-0.1, -0.05) is 0 Å². The molecule has 0 saturated carbocycles. The third-order valence-electron chi connectivity index (χ3n) is 2.33. The number of rotatable bonds is 3. The maximum Gasteiger partial charge on any atom is 0.216 e. The van der Waals surface area contributed by atoms with E-state index in [2.05, 4.69) is 4.72 Å². The summed E-state index contributed by atoms with van der Waals surface area (Å²) in [6.07, 6.45) is 2.04. The Labute approximate surface area is 86.1 Å². The van der Waals surface area contributed by atoms with Crippen LogP contribution in [0.15, 0.2) is 0 Å². The average Bonchev–Trinajstić information content (AvgIpc) is 2.50. The monoisotopic (exact) mass is 221 g/mol. The fraction of sp³-hybridized carbons (Fsp3) is 1.00. The van der Waals surface area contributed by atoms with Crippen molar-refractivity contribution in [2.24, 2.45) is 0 Å². The quantitative estimate of drug-likeness (QED) is 0.770. The molecule has 1 N–H and O–H groups in total. The van der Waals surface area contributed by atoms with Gasteiger partial charge in [-0.3, -0.25) is 0 Å². The van der Waals surface area contributed by atoms with Crippen LogP contribution in [0.3, 0.4) is 0 Å². The summed E-state index contributed by atoms with van der Waals surface area (Å²) in [6.45, 7) is 6.21. The summed E-state index contributed by atoms with van der Waals surface area (Å²) >= 11 is 0. The SMILES string of the molecule is CC(C)(C)S(=O)(=O)NC[C@H]1CCCO1. The topological polar surface area (TPSA) is 55.4 Å². The van der Waals surface area contributed by atoms with E-state index in [1.54, 1.807) is 20.8 Å². The van der Waals surface area contributed by atoms with E-state index in [0.717, 1.165) is 19.4 Å². The summed E-state index contributed by atoms with van der Waals surface area (Å²) in [6, 6.07) is 0.